The van der Waals surface area contributed by atoms with E-state index in [1.54, 1.807) is 17.2 Å². The number of aryl methyl sites for hydroxylation is 1. The molecule has 5 aromatic heterocycles. The summed E-state index contributed by atoms with van der Waals surface area (Å²) in [6.07, 6.45) is 7.45. The summed E-state index contributed by atoms with van der Waals surface area (Å²) in [5.74, 6) is 0.697. The number of imidazole rings is 1. The zero-order valence-electron chi connectivity index (χ0n) is 22.2. The average Bonchev–Trinajstić information content (AvgIpc) is 3.78. The van der Waals surface area contributed by atoms with Crippen molar-refractivity contribution in [3.63, 3.8) is 0 Å². The van der Waals surface area contributed by atoms with Crippen LogP contribution in [0.1, 0.15) is 41.5 Å². The summed E-state index contributed by atoms with van der Waals surface area (Å²) in [6, 6.07) is 11.3. The molecule has 11 nitrogen and oxygen atoms in total. The molecule has 6 heterocycles. The van der Waals surface area contributed by atoms with Gasteiger partial charge < -0.3 is 19.3 Å². The van der Waals surface area contributed by atoms with Crippen LogP contribution in [0.5, 0.6) is 0 Å². The fourth-order valence-corrected chi connectivity index (χ4v) is 5.46. The van der Waals surface area contributed by atoms with Gasteiger partial charge in [0.25, 0.3) is 0 Å². The number of halogens is 1. The first-order chi connectivity index (χ1) is 19.5. The van der Waals surface area contributed by atoms with Crippen LogP contribution in [0.4, 0.5) is 10.4 Å². The second kappa shape index (κ2) is 9.12. The van der Waals surface area contributed by atoms with Gasteiger partial charge in [0.2, 0.25) is 5.89 Å². The average molecular weight is 539 g/mol. The first-order valence-corrected chi connectivity index (χ1v) is 13.1. The summed E-state index contributed by atoms with van der Waals surface area (Å²) in [5, 5.41) is 18.4. The molecule has 1 aromatic carbocycles. The van der Waals surface area contributed by atoms with Gasteiger partial charge in [-0.3, -0.25) is 15.0 Å². The smallest absolute Gasteiger partial charge is 0.317 e. The number of aromatic nitrogens is 8. The first kappa shape index (κ1) is 24.2. The van der Waals surface area contributed by atoms with E-state index in [4.69, 9.17) is 9.40 Å². The molecule has 202 valence electrons. The number of hydrogen-bond donors (Lipinski definition) is 3. The van der Waals surface area contributed by atoms with Crippen LogP contribution in [0.15, 0.2) is 65.6 Å². The highest BCUT2D eigenvalue weighted by Crippen LogP contribution is 2.46. The van der Waals surface area contributed by atoms with Crippen molar-refractivity contribution in [1.82, 2.24) is 45.2 Å². The number of benzene rings is 1. The topological polar surface area (TPSA) is 129 Å². The van der Waals surface area contributed by atoms with Gasteiger partial charge in [-0.25, -0.2) is 9.37 Å². The van der Waals surface area contributed by atoms with Gasteiger partial charge in [0.15, 0.2) is 5.54 Å². The monoisotopic (exact) mass is 538 g/mol. The normalized spacial score (nSPS) is 18.8. The van der Waals surface area contributed by atoms with Crippen LogP contribution in [0.25, 0.3) is 22.3 Å². The van der Waals surface area contributed by atoms with E-state index in [9.17, 15) is 4.39 Å². The predicted octanol–water partition coefficient (Wildman–Crippen LogP) is 3.94. The van der Waals surface area contributed by atoms with E-state index < -0.39 is 11.4 Å². The largest absolute Gasteiger partial charge is 0.405 e. The van der Waals surface area contributed by atoms with Gasteiger partial charge in [-0.1, -0.05) is 23.3 Å². The molecular formula is C28H27FN10O. The van der Waals surface area contributed by atoms with Gasteiger partial charge in [0.1, 0.15) is 17.3 Å². The Labute approximate surface area is 228 Å². The van der Waals surface area contributed by atoms with Gasteiger partial charge >= 0.3 is 6.01 Å². The fourth-order valence-electron chi connectivity index (χ4n) is 5.46. The second-order valence-electron chi connectivity index (χ2n) is 10.1. The molecule has 0 aliphatic carbocycles. The van der Waals surface area contributed by atoms with Crippen molar-refractivity contribution >= 4 is 16.9 Å². The molecule has 1 unspecified atom stereocenters. The van der Waals surface area contributed by atoms with Gasteiger partial charge in [0.05, 0.1) is 29.8 Å². The lowest BCUT2D eigenvalue weighted by molar-refractivity contribution is 0.291. The quantitative estimate of drug-likeness (QED) is 0.291. The Morgan fingerprint density at radius 3 is 2.75 bits per heavy atom. The Morgan fingerprint density at radius 1 is 1.12 bits per heavy atom. The minimum Gasteiger partial charge on any atom is -0.405 e. The van der Waals surface area contributed by atoms with Crippen molar-refractivity contribution in [2.75, 3.05) is 19.0 Å². The van der Waals surface area contributed by atoms with E-state index in [0.717, 1.165) is 27.7 Å². The van der Waals surface area contributed by atoms with Crippen LogP contribution in [-0.2, 0) is 18.5 Å². The number of pyridine rings is 1. The number of fused-ring (bicyclic) bond motifs is 3. The summed E-state index contributed by atoms with van der Waals surface area (Å²) in [6.45, 7) is 2.75. The van der Waals surface area contributed by atoms with Crippen LogP contribution in [0, 0.1) is 5.82 Å². The molecule has 2 atom stereocenters. The molecule has 0 bridgehead atoms. The minimum atomic E-state index is -1.05. The van der Waals surface area contributed by atoms with Gasteiger partial charge in [0, 0.05) is 49.5 Å². The van der Waals surface area contributed by atoms with Crippen LogP contribution in [0.2, 0.25) is 0 Å². The van der Waals surface area contributed by atoms with E-state index in [-0.39, 0.29) is 6.04 Å². The Bertz CT molecular complexity index is 1810. The van der Waals surface area contributed by atoms with Gasteiger partial charge in [-0.2, -0.15) is 5.10 Å². The summed E-state index contributed by atoms with van der Waals surface area (Å²) >= 11 is 0. The van der Waals surface area contributed by atoms with Crippen molar-refractivity contribution in [2.45, 2.75) is 31.5 Å². The fraction of sp³-hybridized carbons (Fsp3) is 0.250. The lowest BCUT2D eigenvalue weighted by Crippen LogP contribution is -2.51. The highest BCUT2D eigenvalue weighted by Gasteiger charge is 2.51. The maximum atomic E-state index is 13.5. The summed E-state index contributed by atoms with van der Waals surface area (Å²) in [7, 11) is 3.72. The Morgan fingerprint density at radius 2 is 2.00 bits per heavy atom. The number of para-hydroxylation sites is 1. The van der Waals surface area contributed by atoms with Crippen LogP contribution >= 0.6 is 0 Å². The van der Waals surface area contributed by atoms with Crippen LogP contribution < -0.4 is 10.2 Å². The molecule has 1 aliphatic heterocycles. The van der Waals surface area contributed by atoms with Gasteiger partial charge in [-0.05, 0) is 37.1 Å². The highest BCUT2D eigenvalue weighted by atomic mass is 19.1. The molecule has 0 fully saturated rings. The molecule has 0 saturated heterocycles. The number of hydrogen-bond acceptors (Lipinski definition) is 8. The van der Waals surface area contributed by atoms with E-state index in [1.165, 1.54) is 12.3 Å². The highest BCUT2D eigenvalue weighted by molar-refractivity contribution is 5.86. The lowest BCUT2D eigenvalue weighted by Gasteiger charge is -2.38. The Kier molecular flexibility index (Phi) is 5.52. The maximum absolute atomic E-state index is 13.5. The SMILES string of the molecule is CCn1cc(C2(c3nnc(N(C)C)o3)N[C@@H](c3nc(-c4ccc(F)cn4)c[nH]3)Cc3c2[nH]c2ccccc32)cn1. The van der Waals surface area contributed by atoms with Crippen molar-refractivity contribution in [3.05, 3.63) is 95.5 Å². The number of nitrogens with one attached hydrogen (secondary N) is 3. The van der Waals surface area contributed by atoms with Crippen molar-refractivity contribution in [1.29, 1.82) is 0 Å². The van der Waals surface area contributed by atoms with E-state index in [2.05, 4.69) is 47.7 Å². The zero-order chi connectivity index (χ0) is 27.4. The second-order valence-corrected chi connectivity index (χ2v) is 10.1. The molecule has 12 heteroatoms. The number of aromatic amines is 2. The lowest BCUT2D eigenvalue weighted by atomic mass is 9.79. The summed E-state index contributed by atoms with van der Waals surface area (Å²) in [4.78, 5) is 17.8. The van der Waals surface area contributed by atoms with Gasteiger partial charge in [-0.15, -0.1) is 5.10 Å². The molecule has 1 aliphatic rings. The molecular weight excluding hydrogens is 511 g/mol. The molecule has 7 rings (SSSR count). The molecule has 0 radical (unpaired) electrons. The van der Waals surface area contributed by atoms with E-state index in [0.29, 0.717) is 42.1 Å². The Balaban J connectivity index is 1.44. The number of rotatable bonds is 6. The maximum Gasteiger partial charge on any atom is 0.317 e. The van der Waals surface area contributed by atoms with Crippen molar-refractivity contribution < 1.29 is 8.81 Å². The van der Waals surface area contributed by atoms with Crippen LogP contribution in [-0.4, -0.2) is 54.0 Å². The predicted molar refractivity (Wildman–Crippen MR) is 146 cm³/mol. The standard InChI is InChI=1S/C28H27FN10O/c1-4-39-15-16(12-32-39)28(26-36-37-27(40-26)38(2)3)24-19(18-7-5-6-8-20(18)33-24)11-22(35-28)25-31-14-23(34-25)21-10-9-17(29)13-30-21/h5-10,12-15,22,33,35H,4,11H2,1-3H3,(H,31,34)/t22-,28?/m1/s1. The number of anilines is 1. The first-order valence-electron chi connectivity index (χ1n) is 13.1. The third-order valence-electron chi connectivity index (χ3n) is 7.41. The Hall–Kier alpha value is -4.84. The van der Waals surface area contributed by atoms with Crippen molar-refractivity contribution in [3.8, 4) is 11.4 Å². The molecule has 40 heavy (non-hydrogen) atoms. The molecule has 0 spiro atoms. The molecule has 0 saturated carbocycles. The minimum absolute atomic E-state index is 0.277. The van der Waals surface area contributed by atoms with E-state index in [1.807, 2.05) is 50.2 Å². The number of nitrogens with zero attached hydrogens (tertiary/aromatic N) is 7. The third kappa shape index (κ3) is 3.71. The van der Waals surface area contributed by atoms with Crippen LogP contribution in [0.3, 0.4) is 0 Å². The summed E-state index contributed by atoms with van der Waals surface area (Å²) < 4.78 is 21.7. The van der Waals surface area contributed by atoms with E-state index >= 15 is 0 Å². The molecule has 6 aromatic rings. The van der Waals surface area contributed by atoms with Crippen molar-refractivity contribution in [2.24, 2.45) is 0 Å². The molecule has 3 N–H and O–H groups in total. The summed E-state index contributed by atoms with van der Waals surface area (Å²) in [5.41, 5.74) is 4.05. The molecule has 0 amide bonds. The number of H-pyrrole nitrogens is 2. The zero-order valence-corrected chi connectivity index (χ0v) is 22.2. The third-order valence-corrected chi connectivity index (χ3v) is 7.41.